The normalized spacial score (nSPS) is 7.38. The van der Waals surface area contributed by atoms with E-state index in [9.17, 15) is 0 Å². The van der Waals surface area contributed by atoms with Crippen molar-refractivity contribution in [3.05, 3.63) is 0 Å². The summed E-state index contributed by atoms with van der Waals surface area (Å²) in [4.78, 5) is 21.6. The van der Waals surface area contributed by atoms with Crippen LogP contribution >= 0.6 is 7.82 Å². The van der Waals surface area contributed by atoms with Gasteiger partial charge in [0.2, 0.25) is 0 Å². The van der Waals surface area contributed by atoms with Gasteiger partial charge >= 0.3 is 108 Å². The third-order valence-electron chi connectivity index (χ3n) is 0. The molecule has 0 unspecified atom stereocenters. The second kappa shape index (κ2) is 10.3. The van der Waals surface area contributed by atoms with Crippen LogP contribution in [-0.2, 0) is 4.57 Å². The second-order valence-electron chi connectivity index (χ2n) is 0.513. The van der Waals surface area contributed by atoms with Gasteiger partial charge in [-0.15, -0.1) is 0 Å². The van der Waals surface area contributed by atoms with Gasteiger partial charge in [-0.1, -0.05) is 0 Å². The summed E-state index contributed by atoms with van der Waals surface area (Å²) >= 11 is 0. The van der Waals surface area contributed by atoms with Gasteiger partial charge in [0.15, 0.2) is 0 Å². The molecule has 8 heteroatoms. The Morgan fingerprint density at radius 3 is 1.12 bits per heavy atom. The van der Waals surface area contributed by atoms with Crippen LogP contribution in [0, 0.1) is 0 Å². The average Bonchev–Trinajstić information content (AvgIpc) is 0.722. The fourth-order valence-corrected chi connectivity index (χ4v) is 0. The Morgan fingerprint density at radius 2 is 1.12 bits per heavy atom. The Hall–Kier alpha value is 3.28. The zero-order valence-electron chi connectivity index (χ0n) is 2.70. The summed E-state index contributed by atoms with van der Waals surface area (Å²) in [6.07, 6.45) is 0. The van der Waals surface area contributed by atoms with Gasteiger partial charge in [0.1, 0.15) is 0 Å². The Morgan fingerprint density at radius 1 is 1.12 bits per heavy atom. The van der Waals surface area contributed by atoms with Crippen molar-refractivity contribution in [2.45, 2.75) is 0 Å². The van der Waals surface area contributed by atoms with E-state index >= 15 is 0 Å². The molecule has 0 aromatic rings. The van der Waals surface area contributed by atoms with Crippen molar-refractivity contribution >= 4 is 108 Å². The number of rotatable bonds is 0. The quantitative estimate of drug-likeness (QED) is 0.321. The first-order valence-electron chi connectivity index (χ1n) is 0.783. The molecule has 0 saturated heterocycles. The van der Waals surface area contributed by atoms with Crippen molar-refractivity contribution in [2.75, 3.05) is 0 Å². The average molecular weight is 295 g/mol. The summed E-state index contributed by atoms with van der Waals surface area (Å²) < 4.78 is 8.88. The molecule has 46 valence electrons. The summed E-state index contributed by atoms with van der Waals surface area (Å²) in [5.74, 6) is 0. The van der Waals surface area contributed by atoms with Gasteiger partial charge in [-0.05, 0) is 0 Å². The third-order valence-corrected chi connectivity index (χ3v) is 0. The maximum absolute atomic E-state index is 8.88. The SMILES string of the molecule is O.O=P(O)(O)O.[BaH2].[KH]. The molecule has 0 aromatic carbocycles. The molecule has 0 amide bonds. The molecule has 0 aliphatic carbocycles. The summed E-state index contributed by atoms with van der Waals surface area (Å²) in [7, 11) is -4.64. The van der Waals surface area contributed by atoms with Crippen LogP contribution in [0.2, 0.25) is 0 Å². The zero-order valence-corrected chi connectivity index (χ0v) is 3.59. The fourth-order valence-electron chi connectivity index (χ4n) is 0. The molecular weight excluding hydrogens is 287 g/mol. The van der Waals surface area contributed by atoms with Gasteiger partial charge in [-0.3, -0.25) is 0 Å². The molecule has 0 aromatic heterocycles. The Bertz CT molecular complexity index is 58.6. The third kappa shape index (κ3) is 59.2. The van der Waals surface area contributed by atoms with Crippen LogP contribution in [0.5, 0.6) is 0 Å². The second-order valence-corrected chi connectivity index (χ2v) is 1.54. The van der Waals surface area contributed by atoms with Crippen molar-refractivity contribution in [2.24, 2.45) is 0 Å². The van der Waals surface area contributed by atoms with Crippen LogP contribution < -0.4 is 0 Å². The molecule has 0 radical (unpaired) electrons. The molecule has 0 aliphatic heterocycles. The zero-order chi connectivity index (χ0) is 4.50. The van der Waals surface area contributed by atoms with E-state index in [1.807, 2.05) is 0 Å². The summed E-state index contributed by atoms with van der Waals surface area (Å²) in [5, 5.41) is 0. The van der Waals surface area contributed by atoms with Crippen LogP contribution in [0.15, 0.2) is 0 Å². The molecule has 0 aliphatic rings. The van der Waals surface area contributed by atoms with E-state index in [0.29, 0.717) is 0 Å². The van der Waals surface area contributed by atoms with Crippen molar-refractivity contribution in [3.63, 3.8) is 0 Å². The van der Waals surface area contributed by atoms with Gasteiger partial charge in [-0.2, -0.15) is 0 Å². The molecule has 0 saturated carbocycles. The molecule has 5 nitrogen and oxygen atoms in total. The van der Waals surface area contributed by atoms with Crippen molar-refractivity contribution in [1.82, 2.24) is 0 Å². The van der Waals surface area contributed by atoms with E-state index in [2.05, 4.69) is 0 Å². The van der Waals surface area contributed by atoms with Gasteiger partial charge in [0.25, 0.3) is 0 Å². The fraction of sp³-hybridized carbons (Fsp3) is 0. The van der Waals surface area contributed by atoms with Gasteiger partial charge in [0.05, 0.1) is 0 Å². The minimum atomic E-state index is -4.64. The Balaban J connectivity index is -0.0000000267. The standard InChI is InChI=1S/Ba.K.H3O4P.H2O.3H/c;;1-5(2,3)4;;;;/h;;(H3,1,2,3,4);1H2;;;. The van der Waals surface area contributed by atoms with Crippen LogP contribution in [0.1, 0.15) is 0 Å². The van der Waals surface area contributed by atoms with Crippen LogP contribution in [0.25, 0.3) is 0 Å². The Labute approximate surface area is 129 Å². The summed E-state index contributed by atoms with van der Waals surface area (Å²) in [6.45, 7) is 0. The van der Waals surface area contributed by atoms with Crippen LogP contribution in [-0.4, -0.2) is 120 Å². The van der Waals surface area contributed by atoms with Gasteiger partial charge < -0.3 is 20.2 Å². The van der Waals surface area contributed by atoms with E-state index < -0.39 is 7.82 Å². The molecule has 0 heterocycles. The number of hydrogen-bond acceptors (Lipinski definition) is 1. The number of hydrogen-bond donors (Lipinski definition) is 3. The minimum absolute atomic E-state index is 0. The molecule has 0 rings (SSSR count). The first-order valence-corrected chi connectivity index (χ1v) is 2.35. The maximum atomic E-state index is 8.88. The molecule has 5 N–H and O–H groups in total. The predicted octanol–water partition coefficient (Wildman–Crippen LogP) is -3.32. The Kier molecular flexibility index (Phi) is 28.9. The predicted molar refractivity (Wildman–Crippen MR) is 33.6 cm³/mol. The van der Waals surface area contributed by atoms with E-state index in [1.54, 1.807) is 0 Å². The summed E-state index contributed by atoms with van der Waals surface area (Å²) in [6, 6.07) is 0. The molecule has 0 fully saturated rings. The van der Waals surface area contributed by atoms with Crippen molar-refractivity contribution in [1.29, 1.82) is 0 Å². The summed E-state index contributed by atoms with van der Waals surface area (Å²) in [5.41, 5.74) is 0. The molecule has 0 bridgehead atoms. The van der Waals surface area contributed by atoms with E-state index in [-0.39, 0.29) is 106 Å². The van der Waals surface area contributed by atoms with Crippen LogP contribution in [0.4, 0.5) is 0 Å². The van der Waals surface area contributed by atoms with Crippen LogP contribution in [0.3, 0.4) is 0 Å². The molecule has 8 heavy (non-hydrogen) atoms. The van der Waals surface area contributed by atoms with Crippen molar-refractivity contribution in [3.8, 4) is 0 Å². The van der Waals surface area contributed by atoms with E-state index in [4.69, 9.17) is 19.2 Å². The van der Waals surface area contributed by atoms with Gasteiger partial charge in [0, 0.05) is 0 Å². The van der Waals surface area contributed by atoms with Gasteiger partial charge in [-0.25, -0.2) is 4.57 Å². The number of phosphoric acid groups is 1. The monoisotopic (exact) mass is 296 g/mol. The topological polar surface area (TPSA) is 109 Å². The van der Waals surface area contributed by atoms with Crippen molar-refractivity contribution < 1.29 is 24.7 Å². The molecular formula is H8BaKO5P. The van der Waals surface area contributed by atoms with E-state index in [0.717, 1.165) is 0 Å². The first kappa shape index (κ1) is 22.5. The van der Waals surface area contributed by atoms with E-state index in [1.165, 1.54) is 0 Å². The first-order chi connectivity index (χ1) is 2.00. The molecule has 0 spiro atoms. The molecule has 0 atom stereocenters.